The minimum atomic E-state index is -0.482. The zero-order valence-corrected chi connectivity index (χ0v) is 15.1. The number of imide groups is 1. The minimum Gasteiger partial charge on any atom is -0.497 e. The highest BCUT2D eigenvalue weighted by atomic mass is 16.5. The zero-order valence-electron chi connectivity index (χ0n) is 15.1. The number of anilines is 1. The predicted molar refractivity (Wildman–Crippen MR) is 104 cm³/mol. The molecule has 1 fully saturated rings. The summed E-state index contributed by atoms with van der Waals surface area (Å²) in [6.45, 7) is 0.627. The van der Waals surface area contributed by atoms with Gasteiger partial charge in [-0.15, -0.1) is 0 Å². The van der Waals surface area contributed by atoms with E-state index in [4.69, 9.17) is 4.74 Å². The molecule has 27 heavy (non-hydrogen) atoms. The molecule has 6 heteroatoms. The van der Waals surface area contributed by atoms with E-state index < -0.39 is 6.04 Å². The number of hydrogen-bond donors (Lipinski definition) is 2. The average Bonchev–Trinajstić information content (AvgIpc) is 3.23. The molecule has 0 aliphatic carbocycles. The average molecular weight is 363 g/mol. The highest BCUT2D eigenvalue weighted by molar-refractivity contribution is 6.22. The van der Waals surface area contributed by atoms with E-state index in [1.54, 1.807) is 31.4 Å². The fourth-order valence-electron chi connectivity index (χ4n) is 3.51. The Kier molecular flexibility index (Phi) is 4.64. The largest absolute Gasteiger partial charge is 0.497 e. The van der Waals surface area contributed by atoms with Gasteiger partial charge in [0.1, 0.15) is 5.75 Å². The van der Waals surface area contributed by atoms with Gasteiger partial charge in [-0.1, -0.05) is 18.2 Å². The minimum absolute atomic E-state index is 0.179. The molecule has 2 aromatic carbocycles. The highest BCUT2D eigenvalue weighted by Gasteiger charge is 2.39. The van der Waals surface area contributed by atoms with Crippen molar-refractivity contribution in [2.24, 2.45) is 0 Å². The molecule has 0 spiro atoms. The third kappa shape index (κ3) is 3.31. The molecule has 0 unspecified atom stereocenters. The maximum Gasteiger partial charge on any atom is 0.251 e. The van der Waals surface area contributed by atoms with Crippen LogP contribution in [-0.4, -0.2) is 36.5 Å². The van der Waals surface area contributed by atoms with Gasteiger partial charge in [0.25, 0.3) is 5.91 Å². The van der Waals surface area contributed by atoms with Crippen LogP contribution in [-0.2, 0) is 16.0 Å². The van der Waals surface area contributed by atoms with Gasteiger partial charge in [-0.3, -0.25) is 9.59 Å². The first-order chi connectivity index (χ1) is 13.2. The molecule has 4 rings (SSSR count). The molecule has 0 bridgehead atoms. The van der Waals surface area contributed by atoms with Gasteiger partial charge in [-0.05, 0) is 42.3 Å². The Hall–Kier alpha value is -3.12. The van der Waals surface area contributed by atoms with Crippen LogP contribution in [0.3, 0.4) is 0 Å². The second-order valence-electron chi connectivity index (χ2n) is 6.59. The summed E-state index contributed by atoms with van der Waals surface area (Å²) in [6.07, 6.45) is 2.96. The molecule has 138 valence electrons. The van der Waals surface area contributed by atoms with Crippen molar-refractivity contribution in [3.8, 4) is 5.75 Å². The number of aromatic amines is 1. The van der Waals surface area contributed by atoms with E-state index in [1.165, 1.54) is 15.8 Å². The Morgan fingerprint density at radius 1 is 1.15 bits per heavy atom. The smallest absolute Gasteiger partial charge is 0.251 e. The fraction of sp³-hybridized carbons (Fsp3) is 0.238. The molecule has 0 saturated carbocycles. The van der Waals surface area contributed by atoms with Crippen molar-refractivity contribution in [2.75, 3.05) is 18.6 Å². The second-order valence-corrected chi connectivity index (χ2v) is 6.59. The summed E-state index contributed by atoms with van der Waals surface area (Å²) in [5.41, 5.74) is 2.87. The van der Waals surface area contributed by atoms with Gasteiger partial charge in [0, 0.05) is 23.6 Å². The van der Waals surface area contributed by atoms with Crippen molar-refractivity contribution in [1.29, 1.82) is 0 Å². The molecule has 1 aliphatic rings. The number of carbonyl (C=O) groups excluding carboxylic acids is 2. The number of rotatable bonds is 6. The zero-order chi connectivity index (χ0) is 18.8. The van der Waals surface area contributed by atoms with Crippen molar-refractivity contribution in [1.82, 2.24) is 10.3 Å². The first-order valence-corrected chi connectivity index (χ1v) is 8.96. The van der Waals surface area contributed by atoms with Gasteiger partial charge >= 0.3 is 0 Å². The van der Waals surface area contributed by atoms with Gasteiger partial charge in [0.05, 0.1) is 25.3 Å². The Labute approximate surface area is 157 Å². The lowest BCUT2D eigenvalue weighted by Gasteiger charge is -2.16. The van der Waals surface area contributed by atoms with E-state index in [1.807, 2.05) is 24.4 Å². The summed E-state index contributed by atoms with van der Waals surface area (Å²) in [6, 6.07) is 14.6. The quantitative estimate of drug-likeness (QED) is 0.660. The summed E-state index contributed by atoms with van der Waals surface area (Å²) in [5, 5.41) is 4.42. The van der Waals surface area contributed by atoms with Crippen LogP contribution in [0.2, 0.25) is 0 Å². The third-order valence-electron chi connectivity index (χ3n) is 4.94. The van der Waals surface area contributed by atoms with E-state index in [2.05, 4.69) is 16.4 Å². The number of aromatic nitrogens is 1. The molecule has 1 aliphatic heterocycles. The molecule has 6 nitrogen and oxygen atoms in total. The number of methoxy groups -OCH3 is 1. The SMILES string of the molecule is COc1ccc(N2C(=O)C[C@H](NCCc3c[nH]c4ccccc34)C2=O)cc1. The number of benzene rings is 2. The number of nitrogens with one attached hydrogen (secondary N) is 2. The van der Waals surface area contributed by atoms with Crippen molar-refractivity contribution in [3.63, 3.8) is 0 Å². The fourth-order valence-corrected chi connectivity index (χ4v) is 3.51. The lowest BCUT2D eigenvalue weighted by Crippen LogP contribution is -2.39. The molecule has 1 aromatic heterocycles. The number of hydrogen-bond acceptors (Lipinski definition) is 4. The summed E-state index contributed by atoms with van der Waals surface area (Å²) < 4.78 is 5.12. The van der Waals surface area contributed by atoms with E-state index in [9.17, 15) is 9.59 Å². The Morgan fingerprint density at radius 2 is 1.93 bits per heavy atom. The van der Waals surface area contributed by atoms with Crippen molar-refractivity contribution in [2.45, 2.75) is 18.9 Å². The maximum absolute atomic E-state index is 12.7. The lowest BCUT2D eigenvalue weighted by atomic mass is 10.1. The van der Waals surface area contributed by atoms with Crippen molar-refractivity contribution < 1.29 is 14.3 Å². The van der Waals surface area contributed by atoms with Crippen LogP contribution in [0, 0.1) is 0 Å². The van der Waals surface area contributed by atoms with E-state index >= 15 is 0 Å². The molecule has 2 amide bonds. The normalized spacial score (nSPS) is 17.1. The van der Waals surface area contributed by atoms with Gasteiger partial charge < -0.3 is 15.0 Å². The Morgan fingerprint density at radius 3 is 2.70 bits per heavy atom. The molecular weight excluding hydrogens is 342 g/mol. The van der Waals surface area contributed by atoms with Gasteiger partial charge in [-0.2, -0.15) is 0 Å². The monoisotopic (exact) mass is 363 g/mol. The van der Waals surface area contributed by atoms with Crippen LogP contribution in [0.1, 0.15) is 12.0 Å². The highest BCUT2D eigenvalue weighted by Crippen LogP contribution is 2.25. The van der Waals surface area contributed by atoms with Crippen molar-refractivity contribution in [3.05, 3.63) is 60.3 Å². The molecule has 2 heterocycles. The number of H-pyrrole nitrogens is 1. The van der Waals surface area contributed by atoms with Crippen LogP contribution in [0.4, 0.5) is 5.69 Å². The summed E-state index contributed by atoms with van der Waals surface area (Å²) in [4.78, 5) is 29.5. The first-order valence-electron chi connectivity index (χ1n) is 8.96. The Balaban J connectivity index is 1.40. The van der Waals surface area contributed by atoms with Crippen LogP contribution in [0.5, 0.6) is 5.75 Å². The van der Waals surface area contributed by atoms with Crippen molar-refractivity contribution >= 4 is 28.4 Å². The first kappa shape index (κ1) is 17.3. The summed E-state index contributed by atoms with van der Waals surface area (Å²) >= 11 is 0. The predicted octanol–water partition coefficient (Wildman–Crippen LogP) is 2.64. The van der Waals surface area contributed by atoms with Crippen LogP contribution >= 0.6 is 0 Å². The number of fused-ring (bicyclic) bond motifs is 1. The van der Waals surface area contributed by atoms with Gasteiger partial charge in [0.2, 0.25) is 5.91 Å². The number of ether oxygens (including phenoxy) is 1. The summed E-state index contributed by atoms with van der Waals surface area (Å²) in [5.74, 6) is 0.296. The third-order valence-corrected chi connectivity index (χ3v) is 4.94. The van der Waals surface area contributed by atoms with Crippen LogP contribution in [0.15, 0.2) is 54.7 Å². The standard InChI is InChI=1S/C21H21N3O3/c1-27-16-8-6-15(7-9-16)24-20(25)12-19(21(24)26)22-11-10-14-13-23-18-5-3-2-4-17(14)18/h2-9,13,19,22-23H,10-12H2,1H3/t19-/m0/s1. The van der Waals surface area contributed by atoms with E-state index in [-0.39, 0.29) is 18.2 Å². The van der Waals surface area contributed by atoms with E-state index in [0.717, 1.165) is 11.9 Å². The number of carbonyl (C=O) groups is 2. The number of nitrogens with zero attached hydrogens (tertiary/aromatic N) is 1. The molecule has 2 N–H and O–H groups in total. The van der Waals surface area contributed by atoms with E-state index in [0.29, 0.717) is 18.0 Å². The molecule has 1 saturated heterocycles. The molecule has 3 aromatic rings. The van der Waals surface area contributed by atoms with Crippen LogP contribution < -0.4 is 15.0 Å². The lowest BCUT2D eigenvalue weighted by molar-refractivity contribution is -0.121. The topological polar surface area (TPSA) is 74.4 Å². The Bertz CT molecular complexity index is 978. The number of para-hydroxylation sites is 1. The molecule has 1 atom stereocenters. The van der Waals surface area contributed by atoms with Gasteiger partial charge in [-0.25, -0.2) is 4.90 Å². The summed E-state index contributed by atoms with van der Waals surface area (Å²) in [7, 11) is 1.58. The van der Waals surface area contributed by atoms with Crippen LogP contribution in [0.25, 0.3) is 10.9 Å². The second kappa shape index (κ2) is 7.25. The van der Waals surface area contributed by atoms with Gasteiger partial charge in [0.15, 0.2) is 0 Å². The molecule has 0 radical (unpaired) electrons. The number of amides is 2. The maximum atomic E-state index is 12.7. The molecular formula is C21H21N3O3.